The van der Waals surface area contributed by atoms with Crippen molar-refractivity contribution < 1.29 is 14.3 Å². The number of imidazole rings is 1. The first kappa shape index (κ1) is 17.3. The maximum atomic E-state index is 11.9. The zero-order valence-corrected chi connectivity index (χ0v) is 15.2. The van der Waals surface area contributed by atoms with E-state index in [-0.39, 0.29) is 12.0 Å². The molecule has 1 amide bonds. The minimum Gasteiger partial charge on any atom is -0.493 e. The lowest BCUT2D eigenvalue weighted by Crippen LogP contribution is -2.35. The van der Waals surface area contributed by atoms with Gasteiger partial charge in [-0.05, 0) is 38.8 Å². The number of aromatic nitrogens is 2. The van der Waals surface area contributed by atoms with Gasteiger partial charge in [-0.25, -0.2) is 9.78 Å². The van der Waals surface area contributed by atoms with Crippen LogP contribution in [0.2, 0.25) is 0 Å². The Balaban J connectivity index is 1.79. The van der Waals surface area contributed by atoms with E-state index in [1.807, 2.05) is 50.7 Å². The van der Waals surface area contributed by atoms with E-state index >= 15 is 0 Å². The first-order valence-corrected chi connectivity index (χ1v) is 8.54. The van der Waals surface area contributed by atoms with E-state index in [1.165, 1.54) is 0 Å². The molecular formula is C19H25N3O3. The molecule has 0 bridgehead atoms. The first-order chi connectivity index (χ1) is 11.8. The van der Waals surface area contributed by atoms with Gasteiger partial charge in [0.15, 0.2) is 0 Å². The molecule has 1 atom stereocenters. The zero-order chi connectivity index (χ0) is 18.0. The second-order valence-corrected chi connectivity index (χ2v) is 7.33. The van der Waals surface area contributed by atoms with E-state index in [9.17, 15) is 4.79 Å². The summed E-state index contributed by atoms with van der Waals surface area (Å²) in [7, 11) is 1.96. The Morgan fingerprint density at radius 2 is 2.24 bits per heavy atom. The summed E-state index contributed by atoms with van der Waals surface area (Å²) >= 11 is 0. The molecule has 1 aliphatic rings. The summed E-state index contributed by atoms with van der Waals surface area (Å²) < 4.78 is 13.3. The highest BCUT2D eigenvalue weighted by molar-refractivity contribution is 5.71. The average molecular weight is 343 g/mol. The van der Waals surface area contributed by atoms with Gasteiger partial charge in [-0.15, -0.1) is 0 Å². The number of amides is 1. The molecule has 1 aromatic heterocycles. The van der Waals surface area contributed by atoms with Crippen molar-refractivity contribution >= 4 is 6.09 Å². The van der Waals surface area contributed by atoms with Crippen LogP contribution in [-0.4, -0.2) is 34.4 Å². The molecule has 1 N–H and O–H groups in total. The summed E-state index contributed by atoms with van der Waals surface area (Å²) in [6, 6.07) is 6.13. The average Bonchev–Trinajstić information content (AvgIpc) is 2.96. The lowest BCUT2D eigenvalue weighted by atomic mass is 9.90. The number of benzene rings is 1. The third-order valence-corrected chi connectivity index (χ3v) is 4.18. The highest BCUT2D eigenvalue weighted by Crippen LogP contribution is 2.40. The fourth-order valence-corrected chi connectivity index (χ4v) is 3.05. The summed E-state index contributed by atoms with van der Waals surface area (Å²) in [5.41, 5.74) is 2.66. The molecule has 1 aliphatic heterocycles. The summed E-state index contributed by atoms with van der Waals surface area (Å²) in [6.07, 6.45) is 4.08. The standard InChI is InChI=1S/C19H25N3O3/c1-19(2,3)25-18(23)21-10-13-8-9-24-17-14(13)6-5-7-15(17)16-11-20-12-22(16)4/h5-7,11-13H,8-10H2,1-4H3,(H,21,23)/t13-/m0/s1. The minimum atomic E-state index is -0.496. The summed E-state index contributed by atoms with van der Waals surface area (Å²) in [5.74, 6) is 1.08. The Labute approximate surface area is 148 Å². The lowest BCUT2D eigenvalue weighted by Gasteiger charge is -2.28. The van der Waals surface area contributed by atoms with E-state index in [1.54, 1.807) is 6.33 Å². The fourth-order valence-electron chi connectivity index (χ4n) is 3.05. The van der Waals surface area contributed by atoms with Crippen LogP contribution in [0.5, 0.6) is 5.75 Å². The molecule has 0 radical (unpaired) electrons. The van der Waals surface area contributed by atoms with Crippen LogP contribution in [0, 0.1) is 0 Å². The number of alkyl carbamates (subject to hydrolysis) is 1. The highest BCUT2D eigenvalue weighted by atomic mass is 16.6. The van der Waals surface area contributed by atoms with E-state index in [2.05, 4.69) is 16.4 Å². The van der Waals surface area contributed by atoms with E-state index in [0.29, 0.717) is 13.2 Å². The smallest absolute Gasteiger partial charge is 0.407 e. The van der Waals surface area contributed by atoms with Crippen LogP contribution >= 0.6 is 0 Å². The second-order valence-electron chi connectivity index (χ2n) is 7.33. The normalized spacial score (nSPS) is 16.7. The molecule has 0 spiro atoms. The highest BCUT2D eigenvalue weighted by Gasteiger charge is 2.26. The van der Waals surface area contributed by atoms with Crippen molar-refractivity contribution in [3.8, 4) is 17.0 Å². The predicted molar refractivity (Wildman–Crippen MR) is 95.7 cm³/mol. The zero-order valence-electron chi connectivity index (χ0n) is 15.2. The first-order valence-electron chi connectivity index (χ1n) is 8.54. The maximum absolute atomic E-state index is 11.9. The van der Waals surface area contributed by atoms with Gasteiger partial charge in [0.2, 0.25) is 0 Å². The monoisotopic (exact) mass is 343 g/mol. The van der Waals surface area contributed by atoms with Crippen LogP contribution in [-0.2, 0) is 11.8 Å². The van der Waals surface area contributed by atoms with Gasteiger partial charge in [0.25, 0.3) is 0 Å². The van der Waals surface area contributed by atoms with Crippen molar-refractivity contribution in [1.82, 2.24) is 14.9 Å². The Hall–Kier alpha value is -2.50. The lowest BCUT2D eigenvalue weighted by molar-refractivity contribution is 0.0521. The van der Waals surface area contributed by atoms with Crippen LogP contribution in [0.4, 0.5) is 4.79 Å². The molecule has 134 valence electrons. The Morgan fingerprint density at radius 1 is 1.44 bits per heavy atom. The van der Waals surface area contributed by atoms with Gasteiger partial charge in [-0.2, -0.15) is 0 Å². The topological polar surface area (TPSA) is 65.4 Å². The number of aryl methyl sites for hydroxylation is 1. The number of rotatable bonds is 3. The van der Waals surface area contributed by atoms with Crippen LogP contribution in [0.25, 0.3) is 11.3 Å². The molecule has 1 aromatic carbocycles. The molecule has 0 saturated heterocycles. The second kappa shape index (κ2) is 6.78. The maximum Gasteiger partial charge on any atom is 0.407 e. The molecule has 0 aliphatic carbocycles. The molecular weight excluding hydrogens is 318 g/mol. The largest absolute Gasteiger partial charge is 0.493 e. The third-order valence-electron chi connectivity index (χ3n) is 4.18. The van der Waals surface area contributed by atoms with Crippen molar-refractivity contribution in [2.45, 2.75) is 38.7 Å². The molecule has 6 heteroatoms. The van der Waals surface area contributed by atoms with Gasteiger partial charge in [0.05, 0.1) is 24.8 Å². The molecule has 0 fully saturated rings. The summed E-state index contributed by atoms with van der Waals surface area (Å²) in [4.78, 5) is 16.1. The molecule has 6 nitrogen and oxygen atoms in total. The van der Waals surface area contributed by atoms with E-state index < -0.39 is 5.60 Å². The van der Waals surface area contributed by atoms with Gasteiger partial charge in [0, 0.05) is 25.1 Å². The number of nitrogens with one attached hydrogen (secondary N) is 1. The van der Waals surface area contributed by atoms with Gasteiger partial charge in [0.1, 0.15) is 11.4 Å². The summed E-state index contributed by atoms with van der Waals surface area (Å²) in [6.45, 7) is 6.73. The van der Waals surface area contributed by atoms with Crippen molar-refractivity contribution in [2.75, 3.05) is 13.2 Å². The van der Waals surface area contributed by atoms with Crippen LogP contribution in [0.1, 0.15) is 38.7 Å². The van der Waals surface area contributed by atoms with Crippen molar-refractivity contribution in [2.24, 2.45) is 7.05 Å². The predicted octanol–water partition coefficient (Wildman–Crippen LogP) is 3.48. The quantitative estimate of drug-likeness (QED) is 0.927. The SMILES string of the molecule is Cn1cncc1-c1cccc2c1OCC[C@H]2CNC(=O)OC(C)(C)C. The van der Waals surface area contributed by atoms with Crippen LogP contribution < -0.4 is 10.1 Å². The minimum absolute atomic E-state index is 0.199. The van der Waals surface area contributed by atoms with E-state index in [0.717, 1.165) is 29.0 Å². The van der Waals surface area contributed by atoms with Gasteiger partial charge in [-0.1, -0.05) is 12.1 Å². The number of para-hydroxylation sites is 1. The van der Waals surface area contributed by atoms with E-state index in [4.69, 9.17) is 9.47 Å². The molecule has 3 rings (SSSR count). The molecule has 0 unspecified atom stereocenters. The van der Waals surface area contributed by atoms with Gasteiger partial charge >= 0.3 is 6.09 Å². The number of carbonyl (C=O) groups excluding carboxylic acids is 1. The molecule has 25 heavy (non-hydrogen) atoms. The van der Waals surface area contributed by atoms with Crippen molar-refractivity contribution in [1.29, 1.82) is 0 Å². The number of carbonyl (C=O) groups is 1. The molecule has 0 saturated carbocycles. The number of nitrogens with zero attached hydrogens (tertiary/aromatic N) is 2. The number of fused-ring (bicyclic) bond motifs is 1. The molecule has 2 heterocycles. The van der Waals surface area contributed by atoms with Crippen molar-refractivity contribution in [3.63, 3.8) is 0 Å². The fraction of sp³-hybridized carbons (Fsp3) is 0.474. The van der Waals surface area contributed by atoms with Crippen LogP contribution in [0.15, 0.2) is 30.7 Å². The number of hydrogen-bond donors (Lipinski definition) is 1. The van der Waals surface area contributed by atoms with Crippen LogP contribution in [0.3, 0.4) is 0 Å². The van der Waals surface area contributed by atoms with Gasteiger partial charge in [-0.3, -0.25) is 0 Å². The Kier molecular flexibility index (Phi) is 4.70. The number of ether oxygens (including phenoxy) is 2. The van der Waals surface area contributed by atoms with Crippen molar-refractivity contribution in [3.05, 3.63) is 36.3 Å². The third kappa shape index (κ3) is 3.95. The summed E-state index contributed by atoms with van der Waals surface area (Å²) in [5, 5.41) is 2.88. The molecule has 2 aromatic rings. The Bertz CT molecular complexity index is 762. The Morgan fingerprint density at radius 3 is 2.92 bits per heavy atom. The number of hydrogen-bond acceptors (Lipinski definition) is 4. The van der Waals surface area contributed by atoms with Gasteiger partial charge < -0.3 is 19.4 Å².